The van der Waals surface area contributed by atoms with Gasteiger partial charge in [-0.25, -0.2) is 14.4 Å². The highest BCUT2D eigenvalue weighted by Gasteiger charge is 2.39. The Hall–Kier alpha value is -3.86. The first-order chi connectivity index (χ1) is 17.1. The number of imide groups is 2. The van der Waals surface area contributed by atoms with Crippen LogP contribution >= 0.6 is 12.6 Å². The van der Waals surface area contributed by atoms with E-state index in [1.165, 1.54) is 12.1 Å². The van der Waals surface area contributed by atoms with E-state index in [1.54, 1.807) is 12.1 Å². The van der Waals surface area contributed by atoms with Gasteiger partial charge in [-0.3, -0.25) is 20.2 Å². The normalized spacial score (nSPS) is 15.5. The zero-order valence-electron chi connectivity index (χ0n) is 19.7. The van der Waals surface area contributed by atoms with E-state index in [4.69, 9.17) is 9.47 Å². The van der Waals surface area contributed by atoms with Crippen LogP contribution in [-0.4, -0.2) is 35.9 Å². The van der Waals surface area contributed by atoms with E-state index in [-0.39, 0.29) is 18.3 Å². The average Bonchev–Trinajstić information content (AvgIpc) is 2.82. The molecule has 1 heterocycles. The van der Waals surface area contributed by atoms with E-state index in [0.717, 1.165) is 5.56 Å². The van der Waals surface area contributed by atoms with Gasteiger partial charge < -0.3 is 14.8 Å². The lowest BCUT2D eigenvalue weighted by Gasteiger charge is -2.25. The summed E-state index contributed by atoms with van der Waals surface area (Å²) in [5.74, 6) is -3.09. The minimum atomic E-state index is -1.21. The van der Waals surface area contributed by atoms with E-state index in [9.17, 15) is 24.0 Å². The Balaban J connectivity index is 1.60. The Morgan fingerprint density at radius 1 is 0.972 bits per heavy atom. The van der Waals surface area contributed by atoms with Crippen molar-refractivity contribution in [2.45, 2.75) is 38.2 Å². The minimum absolute atomic E-state index is 0.0632. The topological polar surface area (TPSA) is 140 Å². The summed E-state index contributed by atoms with van der Waals surface area (Å²) in [6.07, 6.45) is -0.405. The Morgan fingerprint density at radius 2 is 1.58 bits per heavy atom. The van der Waals surface area contributed by atoms with Crippen LogP contribution in [0, 0.1) is 11.8 Å². The molecule has 1 aliphatic heterocycles. The second-order valence-electron chi connectivity index (χ2n) is 8.61. The van der Waals surface area contributed by atoms with Crippen molar-refractivity contribution >= 4 is 42.5 Å². The summed E-state index contributed by atoms with van der Waals surface area (Å²) in [7, 11) is 0. The lowest BCUT2D eigenvalue weighted by molar-refractivity contribution is -0.137. The average molecular weight is 514 g/mol. The van der Waals surface area contributed by atoms with Crippen molar-refractivity contribution in [2.75, 3.05) is 0 Å². The van der Waals surface area contributed by atoms with Gasteiger partial charge in [0.05, 0.1) is 0 Å². The Morgan fingerprint density at radius 3 is 2.17 bits per heavy atom. The molecular weight excluding hydrogens is 486 g/mol. The summed E-state index contributed by atoms with van der Waals surface area (Å²) in [6.45, 7) is 3.88. The van der Waals surface area contributed by atoms with E-state index >= 15 is 0 Å². The zero-order chi connectivity index (χ0) is 26.2. The van der Waals surface area contributed by atoms with Gasteiger partial charge in [-0.1, -0.05) is 56.3 Å². The fourth-order valence-corrected chi connectivity index (χ4v) is 3.96. The van der Waals surface area contributed by atoms with Gasteiger partial charge in [0, 0.05) is 5.25 Å². The number of ether oxygens (including phenoxy) is 2. The molecule has 190 valence electrons. The largest absolute Gasteiger partial charge is 0.445 e. The van der Waals surface area contributed by atoms with Crippen LogP contribution in [0.5, 0.6) is 5.75 Å². The summed E-state index contributed by atoms with van der Waals surface area (Å²) in [4.78, 5) is 60.5. The van der Waals surface area contributed by atoms with Crippen LogP contribution in [-0.2, 0) is 25.7 Å². The van der Waals surface area contributed by atoms with Crippen LogP contribution < -0.4 is 20.7 Å². The zero-order valence-corrected chi connectivity index (χ0v) is 20.6. The molecule has 1 fully saturated rings. The van der Waals surface area contributed by atoms with Crippen molar-refractivity contribution < 1.29 is 33.4 Å². The highest BCUT2D eigenvalue weighted by Crippen LogP contribution is 2.31. The van der Waals surface area contributed by atoms with Crippen molar-refractivity contribution in [3.05, 3.63) is 65.7 Å². The number of amides is 5. The SMILES string of the molecule is CC(C)C[C@H](NC(=O)OCc1ccccc1)C(=O)Oc1ccc([C@@H](S)C2C(=O)NC(=O)NC2=O)cc1. The number of esters is 1. The van der Waals surface area contributed by atoms with E-state index < -0.39 is 47.1 Å². The first-order valence-corrected chi connectivity index (χ1v) is 11.8. The predicted octanol–water partition coefficient (Wildman–Crippen LogP) is 2.89. The molecule has 2 atom stereocenters. The lowest BCUT2D eigenvalue weighted by atomic mass is 9.95. The summed E-state index contributed by atoms with van der Waals surface area (Å²) < 4.78 is 10.7. The molecule has 11 heteroatoms. The molecule has 2 aromatic carbocycles. The highest BCUT2D eigenvalue weighted by molar-refractivity contribution is 7.80. The molecule has 10 nitrogen and oxygen atoms in total. The van der Waals surface area contributed by atoms with Gasteiger partial charge in [-0.15, -0.1) is 0 Å². The highest BCUT2D eigenvalue weighted by atomic mass is 32.1. The van der Waals surface area contributed by atoms with Crippen LogP contribution in [0.3, 0.4) is 0 Å². The summed E-state index contributed by atoms with van der Waals surface area (Å²) in [5.41, 5.74) is 1.32. The number of carbonyl (C=O) groups excluding carboxylic acids is 5. The second-order valence-corrected chi connectivity index (χ2v) is 9.16. The second kappa shape index (κ2) is 12.2. The third-order valence-corrected chi connectivity index (χ3v) is 5.89. The van der Waals surface area contributed by atoms with Gasteiger partial charge in [0.1, 0.15) is 24.3 Å². The van der Waals surface area contributed by atoms with Crippen LogP contribution in [0.4, 0.5) is 9.59 Å². The van der Waals surface area contributed by atoms with Gasteiger partial charge in [0.2, 0.25) is 11.8 Å². The molecule has 3 rings (SSSR count). The van der Waals surface area contributed by atoms with Gasteiger partial charge in [0.15, 0.2) is 0 Å². The van der Waals surface area contributed by atoms with Crippen molar-refractivity contribution in [3.63, 3.8) is 0 Å². The first kappa shape index (κ1) is 26.7. The number of carbonyl (C=O) groups is 5. The quantitative estimate of drug-likeness (QED) is 0.175. The molecule has 0 radical (unpaired) electrons. The van der Waals surface area contributed by atoms with Gasteiger partial charge in [-0.05, 0) is 35.6 Å². The molecule has 0 spiro atoms. The number of hydrogen-bond acceptors (Lipinski definition) is 8. The van der Waals surface area contributed by atoms with Gasteiger partial charge >= 0.3 is 18.1 Å². The lowest BCUT2D eigenvalue weighted by Crippen LogP contribution is -2.56. The minimum Gasteiger partial charge on any atom is -0.445 e. The smallest absolute Gasteiger partial charge is 0.408 e. The Labute approximate surface area is 213 Å². The number of thiol groups is 1. The number of nitrogens with one attached hydrogen (secondary N) is 3. The molecule has 5 amide bonds. The molecule has 0 bridgehead atoms. The third kappa shape index (κ3) is 7.32. The number of rotatable bonds is 9. The van der Waals surface area contributed by atoms with Crippen LogP contribution in [0.15, 0.2) is 54.6 Å². The summed E-state index contributed by atoms with van der Waals surface area (Å²) in [5, 5.41) is 5.80. The van der Waals surface area contributed by atoms with Crippen molar-refractivity contribution in [2.24, 2.45) is 11.8 Å². The number of hydrogen-bond donors (Lipinski definition) is 4. The van der Waals surface area contributed by atoms with Crippen LogP contribution in [0.2, 0.25) is 0 Å². The molecular formula is C25H27N3O7S. The van der Waals surface area contributed by atoms with Crippen molar-refractivity contribution in [1.82, 2.24) is 16.0 Å². The summed E-state index contributed by atoms with van der Waals surface area (Å²) in [6, 6.07) is 13.4. The maximum Gasteiger partial charge on any atom is 0.408 e. The molecule has 1 aliphatic rings. The number of barbiturate groups is 1. The maximum absolute atomic E-state index is 12.8. The molecule has 0 saturated carbocycles. The molecule has 0 aromatic heterocycles. The third-order valence-electron chi connectivity index (χ3n) is 5.29. The van der Waals surface area contributed by atoms with E-state index in [1.807, 2.05) is 54.8 Å². The Kier molecular flexibility index (Phi) is 9.07. The number of urea groups is 1. The predicted molar refractivity (Wildman–Crippen MR) is 132 cm³/mol. The van der Waals surface area contributed by atoms with E-state index in [0.29, 0.717) is 12.0 Å². The fraction of sp³-hybridized carbons (Fsp3) is 0.320. The van der Waals surface area contributed by atoms with E-state index in [2.05, 4.69) is 17.9 Å². The molecule has 3 N–H and O–H groups in total. The monoisotopic (exact) mass is 513 g/mol. The number of alkyl carbamates (subject to hydrolysis) is 1. The van der Waals surface area contributed by atoms with Crippen LogP contribution in [0.1, 0.15) is 36.6 Å². The van der Waals surface area contributed by atoms with Crippen molar-refractivity contribution in [1.29, 1.82) is 0 Å². The van der Waals surface area contributed by atoms with Crippen LogP contribution in [0.25, 0.3) is 0 Å². The summed E-state index contributed by atoms with van der Waals surface area (Å²) >= 11 is 4.37. The Bertz CT molecular complexity index is 1100. The fourth-order valence-electron chi connectivity index (χ4n) is 3.52. The molecule has 0 unspecified atom stereocenters. The van der Waals surface area contributed by atoms with Gasteiger partial charge in [0.25, 0.3) is 0 Å². The molecule has 36 heavy (non-hydrogen) atoms. The number of benzene rings is 2. The van der Waals surface area contributed by atoms with Gasteiger partial charge in [-0.2, -0.15) is 12.6 Å². The molecule has 0 aliphatic carbocycles. The standard InChI is InChI=1S/C25H27N3O7S/c1-14(2)12-18(26-25(33)34-13-15-6-4-3-5-7-15)23(31)35-17-10-8-16(9-11-17)20(36)19-21(29)27-24(32)28-22(19)30/h3-11,14,18-20,36H,12-13H2,1-2H3,(H,26,33)(H2,27,28,29,30,32)/t18-,20+/m0/s1. The molecule has 2 aromatic rings. The first-order valence-electron chi connectivity index (χ1n) is 11.3. The van der Waals surface area contributed by atoms with Crippen molar-refractivity contribution in [3.8, 4) is 5.75 Å². The molecule has 1 saturated heterocycles. The maximum atomic E-state index is 12.8.